The Hall–Kier alpha value is -0.0800. The third-order valence-corrected chi connectivity index (χ3v) is 3.32. The summed E-state index contributed by atoms with van der Waals surface area (Å²) < 4.78 is 42.4. The molecular formula is C18H38O2. The van der Waals surface area contributed by atoms with Crippen molar-refractivity contribution in [2.45, 2.75) is 96.7 Å². The molecule has 0 aliphatic carbocycles. The first-order valence-electron chi connectivity index (χ1n) is 10.4. The predicted molar refractivity (Wildman–Crippen MR) is 88.1 cm³/mol. The number of methoxy groups -OCH3 is 1. The van der Waals surface area contributed by atoms with Crippen LogP contribution in [-0.4, -0.2) is 20.5 Å². The lowest BCUT2D eigenvalue weighted by Crippen LogP contribution is -1.98. The van der Waals surface area contributed by atoms with Crippen LogP contribution in [0.4, 0.5) is 0 Å². The van der Waals surface area contributed by atoms with Gasteiger partial charge >= 0.3 is 0 Å². The normalized spacial score (nSPS) is 15.5. The fourth-order valence-corrected chi connectivity index (χ4v) is 2.08. The van der Waals surface area contributed by atoms with Crippen LogP contribution in [0.25, 0.3) is 0 Å². The fourth-order valence-electron chi connectivity index (χ4n) is 2.08. The van der Waals surface area contributed by atoms with Crippen molar-refractivity contribution in [2.75, 3.05) is 20.5 Å². The molecule has 0 saturated carbocycles. The number of hydrogen-bond acceptors (Lipinski definition) is 2. The van der Waals surface area contributed by atoms with Gasteiger partial charge in [0.2, 0.25) is 0 Å². The Morgan fingerprint density at radius 1 is 0.700 bits per heavy atom. The molecule has 0 bridgehead atoms. The lowest BCUT2D eigenvalue weighted by Gasteiger charge is -2.04. The molecular weight excluding hydrogens is 248 g/mol. The standard InChI is InChI=1S/C18H38O2/c1-3-4-5-6-7-8-9-10-11-12-13-14-15-16-17-20-18-19-2/h3-18H2,1-2H3/i10D2,11D2. The van der Waals surface area contributed by atoms with Crippen LogP contribution in [0, 0.1) is 0 Å². The second kappa shape index (κ2) is 18.9. The van der Waals surface area contributed by atoms with Crippen molar-refractivity contribution in [1.29, 1.82) is 0 Å². The van der Waals surface area contributed by atoms with Gasteiger partial charge < -0.3 is 9.47 Å². The van der Waals surface area contributed by atoms with Crippen LogP contribution in [-0.2, 0) is 9.47 Å². The zero-order valence-electron chi connectivity index (χ0n) is 17.7. The summed E-state index contributed by atoms with van der Waals surface area (Å²) in [6.45, 7) is 3.17. The average Bonchev–Trinajstić information content (AvgIpc) is 2.53. The highest BCUT2D eigenvalue weighted by molar-refractivity contribution is 4.49. The van der Waals surface area contributed by atoms with Crippen LogP contribution < -0.4 is 0 Å². The van der Waals surface area contributed by atoms with Crippen LogP contribution in [0.1, 0.15) is 102 Å². The van der Waals surface area contributed by atoms with Crippen LogP contribution in [0.3, 0.4) is 0 Å². The van der Waals surface area contributed by atoms with Gasteiger partial charge in [0.05, 0.1) is 0 Å². The topological polar surface area (TPSA) is 18.5 Å². The van der Waals surface area contributed by atoms with E-state index in [2.05, 4.69) is 6.92 Å². The molecule has 0 heterocycles. The van der Waals surface area contributed by atoms with Gasteiger partial charge in [0.1, 0.15) is 6.79 Å². The molecule has 0 atom stereocenters. The summed E-state index contributed by atoms with van der Waals surface area (Å²) in [5.74, 6) is 0. The molecule has 2 heteroatoms. The Morgan fingerprint density at radius 3 is 1.75 bits per heavy atom. The van der Waals surface area contributed by atoms with Gasteiger partial charge in [-0.25, -0.2) is 0 Å². The molecule has 2 nitrogen and oxygen atoms in total. The molecule has 0 rings (SSSR count). The van der Waals surface area contributed by atoms with E-state index in [1.54, 1.807) is 7.11 Å². The molecule has 0 aromatic rings. The molecule has 0 aromatic heterocycles. The van der Waals surface area contributed by atoms with E-state index in [4.69, 9.17) is 15.0 Å². The molecule has 0 unspecified atom stereocenters. The van der Waals surface area contributed by atoms with Gasteiger partial charge in [-0.1, -0.05) is 90.3 Å². The molecule has 0 radical (unpaired) electrons. The average molecular weight is 291 g/mol. The minimum Gasteiger partial charge on any atom is -0.359 e. The molecule has 0 N–H and O–H groups in total. The largest absolute Gasteiger partial charge is 0.359 e. The van der Waals surface area contributed by atoms with Crippen molar-refractivity contribution in [3.05, 3.63) is 0 Å². The maximum Gasteiger partial charge on any atom is 0.146 e. The molecule has 0 saturated heterocycles. The summed E-state index contributed by atoms with van der Waals surface area (Å²) in [7, 11) is 1.60. The molecule has 0 amide bonds. The maximum atomic E-state index is 8.10. The van der Waals surface area contributed by atoms with E-state index < -0.39 is 12.7 Å². The predicted octanol–water partition coefficient (Wildman–Crippen LogP) is 6.09. The van der Waals surface area contributed by atoms with Crippen LogP contribution in [0.2, 0.25) is 0 Å². The highest BCUT2D eigenvalue weighted by atomic mass is 16.7. The van der Waals surface area contributed by atoms with Crippen LogP contribution in [0.15, 0.2) is 0 Å². The summed E-state index contributed by atoms with van der Waals surface area (Å²) in [4.78, 5) is 0. The van der Waals surface area contributed by atoms with E-state index in [9.17, 15) is 0 Å². The van der Waals surface area contributed by atoms with E-state index in [-0.39, 0.29) is 0 Å². The zero-order valence-corrected chi connectivity index (χ0v) is 13.7. The Morgan fingerprint density at radius 2 is 1.20 bits per heavy atom. The lowest BCUT2D eigenvalue weighted by atomic mass is 10.0. The third-order valence-electron chi connectivity index (χ3n) is 3.32. The monoisotopic (exact) mass is 290 g/mol. The minimum atomic E-state index is -1.73. The zero-order chi connectivity index (χ0) is 18.3. The Kier molecular flexibility index (Phi) is 12.8. The highest BCUT2D eigenvalue weighted by Gasteiger charge is 1.94. The van der Waals surface area contributed by atoms with Gasteiger partial charge in [-0.15, -0.1) is 0 Å². The fraction of sp³-hybridized carbons (Fsp3) is 1.00. The van der Waals surface area contributed by atoms with E-state index in [1.165, 1.54) is 19.3 Å². The molecule has 20 heavy (non-hydrogen) atoms. The lowest BCUT2D eigenvalue weighted by molar-refractivity contribution is -0.0315. The van der Waals surface area contributed by atoms with E-state index in [0.717, 1.165) is 44.9 Å². The van der Waals surface area contributed by atoms with Gasteiger partial charge in [-0.05, 0) is 6.42 Å². The second-order valence-corrected chi connectivity index (χ2v) is 5.35. The Balaban J connectivity index is 3.80. The smallest absolute Gasteiger partial charge is 0.146 e. The SMILES string of the molecule is [2H]C([2H])(CCCCCCCC)C([2H])([2H])CCCCCCOCOC. The van der Waals surface area contributed by atoms with Crippen molar-refractivity contribution in [3.63, 3.8) is 0 Å². The summed E-state index contributed by atoms with van der Waals surface area (Å²) in [6, 6.07) is 0. The van der Waals surface area contributed by atoms with Gasteiger partial charge in [0.25, 0.3) is 0 Å². The molecule has 0 aliphatic heterocycles. The van der Waals surface area contributed by atoms with E-state index >= 15 is 0 Å². The first kappa shape index (κ1) is 13.6. The van der Waals surface area contributed by atoms with Gasteiger partial charge in [0, 0.05) is 19.2 Å². The molecule has 0 fully saturated rings. The second-order valence-electron chi connectivity index (χ2n) is 5.35. The summed E-state index contributed by atoms with van der Waals surface area (Å²) >= 11 is 0. The van der Waals surface area contributed by atoms with Crippen molar-refractivity contribution >= 4 is 0 Å². The summed E-state index contributed by atoms with van der Waals surface area (Å²) in [5, 5.41) is 0. The van der Waals surface area contributed by atoms with Crippen molar-refractivity contribution in [1.82, 2.24) is 0 Å². The first-order chi connectivity index (χ1) is 11.4. The number of hydrogen-bond donors (Lipinski definition) is 0. The molecule has 0 aliphatic rings. The summed E-state index contributed by atoms with van der Waals surface area (Å²) in [6.07, 6.45) is 7.34. The Labute approximate surface area is 133 Å². The first-order valence-corrected chi connectivity index (χ1v) is 8.44. The van der Waals surface area contributed by atoms with Crippen molar-refractivity contribution < 1.29 is 15.0 Å². The van der Waals surface area contributed by atoms with Crippen LogP contribution in [0.5, 0.6) is 0 Å². The molecule has 0 aromatic carbocycles. The Bertz CT molecular complexity index is 286. The quantitative estimate of drug-likeness (QED) is 0.238. The van der Waals surface area contributed by atoms with E-state index in [1.807, 2.05) is 0 Å². The van der Waals surface area contributed by atoms with Crippen LogP contribution >= 0.6 is 0 Å². The van der Waals surface area contributed by atoms with Gasteiger partial charge in [-0.3, -0.25) is 0 Å². The highest BCUT2D eigenvalue weighted by Crippen LogP contribution is 2.12. The minimum absolute atomic E-state index is 0.300. The number of ether oxygens (including phenoxy) is 2. The molecule has 122 valence electrons. The van der Waals surface area contributed by atoms with Crippen molar-refractivity contribution in [2.24, 2.45) is 0 Å². The molecule has 0 spiro atoms. The number of rotatable bonds is 17. The maximum absolute atomic E-state index is 8.10. The summed E-state index contributed by atoms with van der Waals surface area (Å²) in [5.41, 5.74) is 0. The van der Waals surface area contributed by atoms with Crippen molar-refractivity contribution in [3.8, 4) is 0 Å². The number of unbranched alkanes of at least 4 members (excludes halogenated alkanes) is 8. The third kappa shape index (κ3) is 17.9. The van der Waals surface area contributed by atoms with Gasteiger partial charge in [0.15, 0.2) is 0 Å². The van der Waals surface area contributed by atoms with Gasteiger partial charge in [-0.2, -0.15) is 0 Å². The van der Waals surface area contributed by atoms with E-state index in [0.29, 0.717) is 26.2 Å².